The quantitative estimate of drug-likeness (QED) is 0.800. The topological polar surface area (TPSA) is 26.2 Å². The van der Waals surface area contributed by atoms with Crippen LogP contribution in [-0.4, -0.2) is 24.8 Å². The molecule has 0 fully saturated rings. The van der Waals surface area contributed by atoms with Crippen LogP contribution in [-0.2, 0) is 24.3 Å². The molecule has 1 aliphatic rings. The predicted molar refractivity (Wildman–Crippen MR) is 94.7 cm³/mol. The zero-order valence-electron chi connectivity index (χ0n) is 13.5. The Kier molecular flexibility index (Phi) is 3.90. The molecule has 1 aliphatic heterocycles. The summed E-state index contributed by atoms with van der Waals surface area (Å²) in [5.74, 6) is 0. The highest BCUT2D eigenvalue weighted by molar-refractivity contribution is 5.95. The fraction of sp³-hybridized carbons (Fsp3) is 0.300. The normalized spacial score (nSPS) is 14.7. The van der Waals surface area contributed by atoms with Gasteiger partial charge in [0, 0.05) is 49.8 Å². The van der Waals surface area contributed by atoms with E-state index in [9.17, 15) is 0 Å². The first kappa shape index (κ1) is 14.5. The van der Waals surface area contributed by atoms with Gasteiger partial charge in [-0.2, -0.15) is 0 Å². The number of nitrogens with one attached hydrogen (secondary N) is 1. The van der Waals surface area contributed by atoms with E-state index >= 15 is 0 Å². The molecule has 0 bridgehead atoms. The van der Waals surface area contributed by atoms with Gasteiger partial charge < -0.3 is 14.6 Å². The molecule has 1 aromatic heterocycles. The average Bonchev–Trinajstić information content (AvgIpc) is 2.77. The molecule has 118 valence electrons. The molecule has 0 unspecified atom stereocenters. The zero-order chi connectivity index (χ0) is 15.6. The van der Waals surface area contributed by atoms with Gasteiger partial charge in [-0.15, -0.1) is 0 Å². The van der Waals surface area contributed by atoms with E-state index in [2.05, 4.69) is 58.4 Å². The molecule has 0 atom stereocenters. The van der Waals surface area contributed by atoms with Gasteiger partial charge in [0.2, 0.25) is 0 Å². The first-order chi connectivity index (χ1) is 11.4. The van der Waals surface area contributed by atoms with Gasteiger partial charge in [0.25, 0.3) is 0 Å². The summed E-state index contributed by atoms with van der Waals surface area (Å²) in [4.78, 5) is 0. The van der Waals surface area contributed by atoms with Crippen LogP contribution in [0.25, 0.3) is 22.0 Å². The van der Waals surface area contributed by atoms with Crippen LogP contribution in [0.2, 0.25) is 0 Å². The Balaban J connectivity index is 1.90. The minimum atomic E-state index is 0.653. The van der Waals surface area contributed by atoms with Crippen molar-refractivity contribution in [3.8, 4) is 11.1 Å². The van der Waals surface area contributed by atoms with Crippen LogP contribution < -0.4 is 5.32 Å². The predicted octanol–water partition coefficient (Wildman–Crippen LogP) is 3.60. The number of benzene rings is 2. The number of fused-ring (bicyclic) bond motifs is 3. The Labute approximate surface area is 136 Å². The van der Waals surface area contributed by atoms with Crippen molar-refractivity contribution < 1.29 is 4.74 Å². The maximum Gasteiger partial charge on any atom is 0.0713 e. The van der Waals surface area contributed by atoms with Crippen molar-refractivity contribution in [1.82, 2.24) is 9.88 Å². The number of nitrogens with zero attached hydrogens (tertiary/aromatic N) is 1. The molecular formula is C20H22N2O. The summed E-state index contributed by atoms with van der Waals surface area (Å²) in [6.45, 7) is 3.79. The lowest BCUT2D eigenvalue weighted by molar-refractivity contribution is 0.185. The molecule has 0 saturated carbocycles. The zero-order valence-corrected chi connectivity index (χ0v) is 13.5. The van der Waals surface area contributed by atoms with E-state index in [1.54, 1.807) is 7.11 Å². The molecule has 2 aromatic carbocycles. The first-order valence-corrected chi connectivity index (χ1v) is 8.27. The van der Waals surface area contributed by atoms with Gasteiger partial charge in [-0.1, -0.05) is 36.4 Å². The third-order valence-electron chi connectivity index (χ3n) is 4.63. The van der Waals surface area contributed by atoms with Gasteiger partial charge in [-0.05, 0) is 23.3 Å². The number of hydrogen-bond acceptors (Lipinski definition) is 2. The summed E-state index contributed by atoms with van der Waals surface area (Å²) in [5.41, 5.74) is 6.59. The van der Waals surface area contributed by atoms with Crippen LogP contribution in [0.4, 0.5) is 0 Å². The number of ether oxygens (including phenoxy) is 1. The second-order valence-electron chi connectivity index (χ2n) is 6.16. The lowest BCUT2D eigenvalue weighted by atomic mass is 10.0. The molecule has 0 saturated heterocycles. The maximum absolute atomic E-state index is 5.28. The molecule has 3 nitrogen and oxygen atoms in total. The van der Waals surface area contributed by atoms with Crippen molar-refractivity contribution in [2.75, 3.05) is 20.2 Å². The van der Waals surface area contributed by atoms with E-state index in [0.29, 0.717) is 6.61 Å². The van der Waals surface area contributed by atoms with Crippen LogP contribution in [0.15, 0.2) is 48.5 Å². The highest BCUT2D eigenvalue weighted by Crippen LogP contribution is 2.32. The summed E-state index contributed by atoms with van der Waals surface area (Å²) in [6.07, 6.45) is 1.10. The van der Waals surface area contributed by atoms with Crippen LogP contribution in [0, 0.1) is 0 Å². The van der Waals surface area contributed by atoms with Crippen molar-refractivity contribution in [2.45, 2.75) is 19.6 Å². The fourth-order valence-electron chi connectivity index (χ4n) is 3.60. The van der Waals surface area contributed by atoms with Crippen molar-refractivity contribution >= 4 is 10.9 Å². The lowest BCUT2D eigenvalue weighted by Crippen LogP contribution is -2.17. The Morgan fingerprint density at radius 1 is 1.09 bits per heavy atom. The Bertz CT molecular complexity index is 835. The monoisotopic (exact) mass is 306 g/mol. The summed E-state index contributed by atoms with van der Waals surface area (Å²) in [7, 11) is 1.74. The molecule has 3 aromatic rings. The standard InChI is InChI=1S/C20H22N2O/c1-23-14-15-4-2-5-16(12-15)19-7-3-6-17-13-18-8-9-21-10-11-22(18)20(17)19/h2-7,12-13,21H,8-11,14H2,1H3. The summed E-state index contributed by atoms with van der Waals surface area (Å²) >= 11 is 0. The van der Waals surface area contributed by atoms with Gasteiger partial charge in [-0.25, -0.2) is 0 Å². The van der Waals surface area contributed by atoms with Crippen LogP contribution in [0.3, 0.4) is 0 Å². The van der Waals surface area contributed by atoms with E-state index < -0.39 is 0 Å². The van der Waals surface area contributed by atoms with Crippen LogP contribution in [0.5, 0.6) is 0 Å². The second-order valence-corrected chi connectivity index (χ2v) is 6.16. The van der Waals surface area contributed by atoms with Gasteiger partial charge in [0.1, 0.15) is 0 Å². The first-order valence-electron chi connectivity index (χ1n) is 8.27. The Morgan fingerprint density at radius 2 is 2.00 bits per heavy atom. The summed E-state index contributed by atoms with van der Waals surface area (Å²) in [6, 6.07) is 17.7. The molecule has 4 rings (SSSR count). The van der Waals surface area contributed by atoms with E-state index in [4.69, 9.17) is 4.74 Å². The van der Waals surface area contributed by atoms with Crippen molar-refractivity contribution in [1.29, 1.82) is 0 Å². The van der Waals surface area contributed by atoms with E-state index in [1.165, 1.54) is 33.3 Å². The minimum Gasteiger partial charge on any atom is -0.380 e. The van der Waals surface area contributed by atoms with E-state index in [0.717, 1.165) is 26.1 Å². The number of hydrogen-bond donors (Lipinski definition) is 1. The molecule has 1 N–H and O–H groups in total. The third-order valence-corrected chi connectivity index (χ3v) is 4.63. The smallest absolute Gasteiger partial charge is 0.0713 e. The summed E-state index contributed by atoms with van der Waals surface area (Å²) < 4.78 is 7.78. The van der Waals surface area contributed by atoms with Gasteiger partial charge in [0.15, 0.2) is 0 Å². The molecule has 0 spiro atoms. The number of para-hydroxylation sites is 1. The lowest BCUT2D eigenvalue weighted by Gasteiger charge is -2.12. The SMILES string of the molecule is COCc1cccc(-c2cccc3cc4n(c23)CCNCC4)c1. The highest BCUT2D eigenvalue weighted by Gasteiger charge is 2.15. The summed E-state index contributed by atoms with van der Waals surface area (Å²) in [5, 5.41) is 4.84. The number of aromatic nitrogens is 1. The molecular weight excluding hydrogens is 284 g/mol. The van der Waals surface area contributed by atoms with E-state index in [-0.39, 0.29) is 0 Å². The minimum absolute atomic E-state index is 0.653. The average molecular weight is 306 g/mol. The largest absolute Gasteiger partial charge is 0.380 e. The van der Waals surface area contributed by atoms with E-state index in [1.807, 2.05) is 0 Å². The third kappa shape index (κ3) is 2.67. The highest BCUT2D eigenvalue weighted by atomic mass is 16.5. The van der Waals surface area contributed by atoms with Crippen molar-refractivity contribution in [3.05, 3.63) is 59.8 Å². The van der Waals surface area contributed by atoms with Crippen LogP contribution >= 0.6 is 0 Å². The fourth-order valence-corrected chi connectivity index (χ4v) is 3.60. The van der Waals surface area contributed by atoms with Gasteiger partial charge in [0.05, 0.1) is 12.1 Å². The molecule has 2 heterocycles. The Morgan fingerprint density at radius 3 is 2.91 bits per heavy atom. The number of rotatable bonds is 3. The van der Waals surface area contributed by atoms with Crippen molar-refractivity contribution in [3.63, 3.8) is 0 Å². The van der Waals surface area contributed by atoms with Gasteiger partial charge >= 0.3 is 0 Å². The second kappa shape index (κ2) is 6.19. The molecule has 0 aliphatic carbocycles. The van der Waals surface area contributed by atoms with Crippen molar-refractivity contribution in [2.24, 2.45) is 0 Å². The molecule has 3 heteroatoms. The molecule has 0 radical (unpaired) electrons. The van der Waals surface area contributed by atoms with Crippen LogP contribution in [0.1, 0.15) is 11.3 Å². The Hall–Kier alpha value is -2.10. The maximum atomic E-state index is 5.28. The molecule has 0 amide bonds. The number of methoxy groups -OCH3 is 1. The molecule has 23 heavy (non-hydrogen) atoms. The van der Waals surface area contributed by atoms with Gasteiger partial charge in [-0.3, -0.25) is 0 Å².